The van der Waals surface area contributed by atoms with Gasteiger partial charge in [0.1, 0.15) is 11.6 Å². The lowest BCUT2D eigenvalue weighted by Gasteiger charge is -2.23. The average molecular weight is 288 g/mol. The predicted molar refractivity (Wildman–Crippen MR) is 79.8 cm³/mol. The molecule has 2 rings (SSSR count). The fourth-order valence-electron chi connectivity index (χ4n) is 1.96. The van der Waals surface area contributed by atoms with Gasteiger partial charge in [-0.25, -0.2) is 9.37 Å². The number of primary amides is 1. The zero-order valence-corrected chi connectivity index (χ0v) is 11.5. The van der Waals surface area contributed by atoms with E-state index in [1.54, 1.807) is 24.3 Å². The number of benzene rings is 1. The van der Waals surface area contributed by atoms with Gasteiger partial charge in [-0.1, -0.05) is 6.07 Å². The van der Waals surface area contributed by atoms with E-state index in [4.69, 9.17) is 11.5 Å². The Morgan fingerprint density at radius 2 is 2.10 bits per heavy atom. The van der Waals surface area contributed by atoms with Gasteiger partial charge in [0.15, 0.2) is 0 Å². The van der Waals surface area contributed by atoms with Gasteiger partial charge in [-0.3, -0.25) is 4.79 Å². The summed E-state index contributed by atoms with van der Waals surface area (Å²) in [7, 11) is 0. The van der Waals surface area contributed by atoms with Gasteiger partial charge >= 0.3 is 0 Å². The molecule has 1 amide bonds. The van der Waals surface area contributed by atoms with Crippen LogP contribution in [0.25, 0.3) is 0 Å². The maximum Gasteiger partial charge on any atom is 0.250 e. The number of aromatic nitrogens is 1. The normalized spacial score (nSPS) is 10.4. The third-order valence-corrected chi connectivity index (χ3v) is 3.01. The first kappa shape index (κ1) is 14.9. The summed E-state index contributed by atoms with van der Waals surface area (Å²) in [6, 6.07) is 9.52. The number of halogens is 1. The van der Waals surface area contributed by atoms with Crippen LogP contribution in [0.15, 0.2) is 42.6 Å². The smallest absolute Gasteiger partial charge is 0.250 e. The molecule has 2 aromatic rings. The van der Waals surface area contributed by atoms with E-state index in [0.29, 0.717) is 30.2 Å². The minimum Gasteiger partial charge on any atom is -0.366 e. The van der Waals surface area contributed by atoms with Crippen LogP contribution in [-0.2, 0) is 0 Å². The Balaban J connectivity index is 2.33. The highest BCUT2D eigenvalue weighted by molar-refractivity contribution is 5.92. The molecule has 0 aliphatic rings. The minimum atomic E-state index is -0.534. The molecule has 110 valence electrons. The van der Waals surface area contributed by atoms with Crippen LogP contribution in [0.2, 0.25) is 0 Å². The number of rotatable bonds is 6. The molecule has 0 aliphatic heterocycles. The van der Waals surface area contributed by atoms with Crippen molar-refractivity contribution in [1.82, 2.24) is 4.98 Å². The highest BCUT2D eigenvalue weighted by Gasteiger charge is 2.11. The lowest BCUT2D eigenvalue weighted by Crippen LogP contribution is -2.22. The molecule has 0 saturated heterocycles. The molecule has 1 heterocycles. The molecule has 0 spiro atoms. The van der Waals surface area contributed by atoms with Gasteiger partial charge in [0.05, 0.1) is 5.56 Å². The van der Waals surface area contributed by atoms with E-state index in [1.807, 2.05) is 4.90 Å². The zero-order valence-electron chi connectivity index (χ0n) is 11.5. The van der Waals surface area contributed by atoms with Crippen molar-refractivity contribution in [3.05, 3.63) is 54.0 Å². The number of anilines is 2. The molecular weight excluding hydrogens is 271 g/mol. The molecule has 0 fully saturated rings. The molecule has 1 aromatic heterocycles. The van der Waals surface area contributed by atoms with Gasteiger partial charge in [-0.05, 0) is 43.3 Å². The van der Waals surface area contributed by atoms with Crippen LogP contribution in [-0.4, -0.2) is 24.0 Å². The third-order valence-electron chi connectivity index (χ3n) is 3.01. The Hall–Kier alpha value is -2.47. The summed E-state index contributed by atoms with van der Waals surface area (Å²) in [5.41, 5.74) is 11.8. The molecule has 0 saturated carbocycles. The second kappa shape index (κ2) is 6.81. The third kappa shape index (κ3) is 3.76. The largest absolute Gasteiger partial charge is 0.366 e. The van der Waals surface area contributed by atoms with Crippen LogP contribution in [0.5, 0.6) is 0 Å². The summed E-state index contributed by atoms with van der Waals surface area (Å²) in [5.74, 6) is -0.244. The van der Waals surface area contributed by atoms with Gasteiger partial charge in [0.25, 0.3) is 0 Å². The molecule has 0 atom stereocenters. The molecule has 5 nitrogen and oxygen atoms in total. The van der Waals surface area contributed by atoms with E-state index in [1.165, 1.54) is 18.3 Å². The van der Waals surface area contributed by atoms with E-state index in [2.05, 4.69) is 4.98 Å². The van der Waals surface area contributed by atoms with Gasteiger partial charge in [0, 0.05) is 18.4 Å². The Morgan fingerprint density at radius 1 is 1.29 bits per heavy atom. The van der Waals surface area contributed by atoms with Crippen molar-refractivity contribution >= 4 is 17.4 Å². The van der Waals surface area contributed by atoms with E-state index >= 15 is 0 Å². The molecule has 0 aliphatic carbocycles. The molecule has 1 aromatic carbocycles. The predicted octanol–water partition coefficient (Wildman–Crippen LogP) is 1.81. The maximum absolute atomic E-state index is 13.4. The summed E-state index contributed by atoms with van der Waals surface area (Å²) in [4.78, 5) is 17.1. The monoisotopic (exact) mass is 288 g/mol. The van der Waals surface area contributed by atoms with E-state index in [9.17, 15) is 9.18 Å². The van der Waals surface area contributed by atoms with Crippen molar-refractivity contribution in [3.63, 3.8) is 0 Å². The molecule has 0 bridgehead atoms. The summed E-state index contributed by atoms with van der Waals surface area (Å²) in [5, 5.41) is 0. The lowest BCUT2D eigenvalue weighted by atomic mass is 10.2. The van der Waals surface area contributed by atoms with Crippen LogP contribution in [0.4, 0.5) is 15.9 Å². The fraction of sp³-hybridized carbons (Fsp3) is 0.200. The molecule has 4 N–H and O–H groups in total. The summed E-state index contributed by atoms with van der Waals surface area (Å²) in [6.07, 6.45) is 2.14. The Kier molecular flexibility index (Phi) is 4.84. The Bertz CT molecular complexity index is 615. The average Bonchev–Trinajstić information content (AvgIpc) is 2.48. The van der Waals surface area contributed by atoms with Crippen molar-refractivity contribution in [2.75, 3.05) is 18.0 Å². The Labute approximate surface area is 122 Å². The second-order valence-corrected chi connectivity index (χ2v) is 4.54. The second-order valence-electron chi connectivity index (χ2n) is 4.54. The van der Waals surface area contributed by atoms with Gasteiger partial charge in [-0.15, -0.1) is 0 Å². The maximum atomic E-state index is 13.4. The molecule has 0 unspecified atom stereocenters. The number of hydrogen-bond donors (Lipinski definition) is 2. The number of carbonyl (C=O) groups is 1. The molecular formula is C15H17FN4O. The molecule has 6 heteroatoms. The number of amides is 1. The quantitative estimate of drug-likeness (QED) is 0.849. The first-order chi connectivity index (χ1) is 10.1. The van der Waals surface area contributed by atoms with Crippen LogP contribution in [0.1, 0.15) is 16.8 Å². The van der Waals surface area contributed by atoms with Gasteiger partial charge < -0.3 is 16.4 Å². The van der Waals surface area contributed by atoms with E-state index < -0.39 is 5.91 Å². The van der Waals surface area contributed by atoms with Crippen LogP contribution < -0.4 is 16.4 Å². The topological polar surface area (TPSA) is 85.2 Å². The summed E-state index contributed by atoms with van der Waals surface area (Å²) in [6.45, 7) is 1.12. The standard InChI is InChI=1S/C15H17FN4O/c16-12-3-1-4-13(9-12)20(8-2-7-17)14-6-5-11(10-19-14)15(18)21/h1,3-6,9-10H,2,7-8,17H2,(H2,18,21). The zero-order chi connectivity index (χ0) is 15.2. The first-order valence-electron chi connectivity index (χ1n) is 6.61. The molecule has 21 heavy (non-hydrogen) atoms. The van der Waals surface area contributed by atoms with Gasteiger partial charge in [0.2, 0.25) is 5.91 Å². The minimum absolute atomic E-state index is 0.320. The van der Waals surface area contributed by atoms with Crippen molar-refractivity contribution in [1.29, 1.82) is 0 Å². The number of nitrogens with two attached hydrogens (primary N) is 2. The van der Waals surface area contributed by atoms with Gasteiger partial charge in [-0.2, -0.15) is 0 Å². The van der Waals surface area contributed by atoms with Crippen molar-refractivity contribution in [2.24, 2.45) is 11.5 Å². The van der Waals surface area contributed by atoms with E-state index in [-0.39, 0.29) is 5.82 Å². The molecule has 0 radical (unpaired) electrons. The number of nitrogens with zero attached hydrogens (tertiary/aromatic N) is 2. The SMILES string of the molecule is NCCCN(c1cccc(F)c1)c1ccc(C(N)=O)cn1. The van der Waals surface area contributed by atoms with Crippen LogP contribution in [0.3, 0.4) is 0 Å². The first-order valence-corrected chi connectivity index (χ1v) is 6.61. The fourth-order valence-corrected chi connectivity index (χ4v) is 1.96. The highest BCUT2D eigenvalue weighted by atomic mass is 19.1. The number of carbonyl (C=O) groups excluding carboxylic acids is 1. The van der Waals surface area contributed by atoms with Crippen LogP contribution >= 0.6 is 0 Å². The number of pyridine rings is 1. The van der Waals surface area contributed by atoms with Crippen molar-refractivity contribution in [2.45, 2.75) is 6.42 Å². The number of hydrogen-bond acceptors (Lipinski definition) is 4. The Morgan fingerprint density at radius 3 is 2.67 bits per heavy atom. The lowest BCUT2D eigenvalue weighted by molar-refractivity contribution is 0.1000. The van der Waals surface area contributed by atoms with Crippen molar-refractivity contribution in [3.8, 4) is 0 Å². The van der Waals surface area contributed by atoms with Crippen LogP contribution in [0, 0.1) is 5.82 Å². The highest BCUT2D eigenvalue weighted by Crippen LogP contribution is 2.24. The van der Waals surface area contributed by atoms with Crippen molar-refractivity contribution < 1.29 is 9.18 Å². The summed E-state index contributed by atoms with van der Waals surface area (Å²) < 4.78 is 13.4. The summed E-state index contributed by atoms with van der Waals surface area (Å²) >= 11 is 0. The van der Waals surface area contributed by atoms with E-state index in [0.717, 1.165) is 6.42 Å².